The highest BCUT2D eigenvalue weighted by atomic mass is 16.3. The van der Waals surface area contributed by atoms with Gasteiger partial charge in [0.05, 0.1) is 17.8 Å². The van der Waals surface area contributed by atoms with Crippen molar-refractivity contribution in [3.63, 3.8) is 0 Å². The van der Waals surface area contributed by atoms with Gasteiger partial charge in [-0.15, -0.1) is 0 Å². The van der Waals surface area contributed by atoms with E-state index in [0.717, 1.165) is 11.3 Å². The normalized spacial score (nSPS) is 17.3. The smallest absolute Gasteiger partial charge is 0.0848 e. The van der Waals surface area contributed by atoms with Crippen LogP contribution < -0.4 is 0 Å². The molecule has 0 spiro atoms. The molecule has 1 N–H and O–H groups in total. The summed E-state index contributed by atoms with van der Waals surface area (Å²) in [6.07, 6.45) is 7.28. The third kappa shape index (κ3) is 3.03. The second-order valence-corrected chi connectivity index (χ2v) is 6.23. The molecule has 2 aromatic rings. The van der Waals surface area contributed by atoms with Crippen molar-refractivity contribution in [3.05, 3.63) is 52.8 Å². The fourth-order valence-electron chi connectivity index (χ4n) is 3.30. The predicted molar refractivity (Wildman–Crippen MR) is 84.3 cm³/mol. The molecule has 1 aliphatic carbocycles. The van der Waals surface area contributed by atoms with Gasteiger partial charge in [-0.2, -0.15) is 5.10 Å². The van der Waals surface area contributed by atoms with E-state index in [-0.39, 0.29) is 0 Å². The van der Waals surface area contributed by atoms with Gasteiger partial charge in [0.25, 0.3) is 0 Å². The van der Waals surface area contributed by atoms with Crippen molar-refractivity contribution < 1.29 is 5.11 Å². The summed E-state index contributed by atoms with van der Waals surface area (Å²) >= 11 is 0. The lowest BCUT2D eigenvalue weighted by Gasteiger charge is -2.14. The monoisotopic (exact) mass is 284 g/mol. The molecule has 1 aromatic carbocycles. The summed E-state index contributed by atoms with van der Waals surface area (Å²) in [5, 5.41) is 15.2. The van der Waals surface area contributed by atoms with Crippen molar-refractivity contribution in [3.8, 4) is 0 Å². The van der Waals surface area contributed by atoms with E-state index in [4.69, 9.17) is 0 Å². The van der Waals surface area contributed by atoms with E-state index in [9.17, 15) is 5.11 Å². The zero-order valence-corrected chi connectivity index (χ0v) is 12.9. The molecule has 1 atom stereocenters. The molecule has 3 heteroatoms. The van der Waals surface area contributed by atoms with Crippen molar-refractivity contribution in [1.82, 2.24) is 9.78 Å². The first-order valence-corrected chi connectivity index (χ1v) is 7.93. The molecule has 0 bridgehead atoms. The van der Waals surface area contributed by atoms with Crippen LogP contribution in [0.1, 0.15) is 60.2 Å². The minimum Gasteiger partial charge on any atom is -0.388 e. The Morgan fingerprint density at radius 3 is 2.76 bits per heavy atom. The summed E-state index contributed by atoms with van der Waals surface area (Å²) in [6, 6.07) is 8.73. The van der Waals surface area contributed by atoms with Gasteiger partial charge in [0.15, 0.2) is 0 Å². The lowest BCUT2D eigenvalue weighted by molar-refractivity contribution is 0.176. The quantitative estimate of drug-likeness (QED) is 0.925. The van der Waals surface area contributed by atoms with E-state index in [1.54, 1.807) is 0 Å². The Bertz CT molecular complexity index is 611. The molecule has 112 valence electrons. The number of rotatable bonds is 4. The van der Waals surface area contributed by atoms with Crippen molar-refractivity contribution >= 4 is 0 Å². The molecular formula is C18H24N2O. The molecule has 1 aromatic heterocycles. The fourth-order valence-corrected chi connectivity index (χ4v) is 3.30. The highest BCUT2D eigenvalue weighted by molar-refractivity contribution is 5.35. The second-order valence-electron chi connectivity index (χ2n) is 6.23. The molecule has 3 rings (SSSR count). The van der Waals surface area contributed by atoms with Crippen LogP contribution in [-0.4, -0.2) is 14.9 Å². The molecule has 1 fully saturated rings. The Kier molecular flexibility index (Phi) is 4.11. The summed E-state index contributed by atoms with van der Waals surface area (Å²) in [4.78, 5) is 0. The number of hydrogen-bond acceptors (Lipinski definition) is 2. The van der Waals surface area contributed by atoms with Gasteiger partial charge < -0.3 is 5.11 Å². The number of hydrogen-bond donors (Lipinski definition) is 1. The van der Waals surface area contributed by atoms with Gasteiger partial charge in [-0.05, 0) is 49.4 Å². The van der Waals surface area contributed by atoms with Gasteiger partial charge >= 0.3 is 0 Å². The first-order valence-electron chi connectivity index (χ1n) is 7.93. The Morgan fingerprint density at radius 1 is 1.24 bits per heavy atom. The van der Waals surface area contributed by atoms with Crippen molar-refractivity contribution in [2.45, 2.75) is 58.1 Å². The summed E-state index contributed by atoms with van der Waals surface area (Å²) < 4.78 is 2.10. The Hall–Kier alpha value is -1.61. The standard InChI is InChI=1S/C18H24N2O/c1-13-6-5-9-17(14(13)2)18(21)12-15-10-11-20(19-15)16-7-3-4-8-16/h5-6,9-11,16,18,21H,3-4,7-8,12H2,1-2H3. The average molecular weight is 284 g/mol. The van der Waals surface area contributed by atoms with Gasteiger partial charge in [-0.1, -0.05) is 31.0 Å². The first kappa shape index (κ1) is 14.3. The Morgan fingerprint density at radius 2 is 2.00 bits per heavy atom. The molecule has 0 amide bonds. The van der Waals surface area contributed by atoms with Crippen LogP contribution in [0.15, 0.2) is 30.5 Å². The lowest BCUT2D eigenvalue weighted by Crippen LogP contribution is -2.08. The zero-order chi connectivity index (χ0) is 14.8. The highest BCUT2D eigenvalue weighted by Gasteiger charge is 2.19. The summed E-state index contributed by atoms with van der Waals surface area (Å²) in [7, 11) is 0. The van der Waals surface area contributed by atoms with Crippen LogP contribution in [0.25, 0.3) is 0 Å². The van der Waals surface area contributed by atoms with Crippen LogP contribution >= 0.6 is 0 Å². The van der Waals surface area contributed by atoms with Gasteiger partial charge in [0.2, 0.25) is 0 Å². The summed E-state index contributed by atoms with van der Waals surface area (Å²) in [5.41, 5.74) is 4.41. The number of aliphatic hydroxyl groups is 1. The third-order valence-electron chi connectivity index (χ3n) is 4.77. The number of benzene rings is 1. The number of aliphatic hydroxyl groups excluding tert-OH is 1. The van der Waals surface area contributed by atoms with Crippen molar-refractivity contribution in [2.24, 2.45) is 0 Å². The van der Waals surface area contributed by atoms with Crippen LogP contribution in [0.4, 0.5) is 0 Å². The van der Waals surface area contributed by atoms with Crippen LogP contribution in [0.2, 0.25) is 0 Å². The average Bonchev–Trinajstić information content (AvgIpc) is 3.12. The maximum absolute atomic E-state index is 10.5. The van der Waals surface area contributed by atoms with Crippen LogP contribution in [0.5, 0.6) is 0 Å². The minimum atomic E-state index is -0.475. The molecule has 21 heavy (non-hydrogen) atoms. The summed E-state index contributed by atoms with van der Waals surface area (Å²) in [6.45, 7) is 4.16. The number of aryl methyl sites for hydroxylation is 1. The van der Waals surface area contributed by atoms with Gasteiger partial charge in [-0.25, -0.2) is 0 Å². The van der Waals surface area contributed by atoms with Crippen LogP contribution in [0, 0.1) is 13.8 Å². The molecule has 1 aliphatic rings. The predicted octanol–water partition coefficient (Wildman–Crippen LogP) is 3.89. The van der Waals surface area contributed by atoms with Crippen molar-refractivity contribution in [2.75, 3.05) is 0 Å². The highest BCUT2D eigenvalue weighted by Crippen LogP contribution is 2.29. The molecule has 1 heterocycles. The molecule has 0 saturated heterocycles. The molecule has 0 radical (unpaired) electrons. The summed E-state index contributed by atoms with van der Waals surface area (Å²) in [5.74, 6) is 0. The molecular weight excluding hydrogens is 260 g/mol. The van der Waals surface area contributed by atoms with E-state index < -0.39 is 6.10 Å². The van der Waals surface area contributed by atoms with E-state index in [1.165, 1.54) is 36.8 Å². The fraction of sp³-hybridized carbons (Fsp3) is 0.500. The van der Waals surface area contributed by atoms with E-state index in [2.05, 4.69) is 35.9 Å². The van der Waals surface area contributed by atoms with Gasteiger partial charge in [-0.3, -0.25) is 4.68 Å². The van der Waals surface area contributed by atoms with E-state index in [1.807, 2.05) is 18.2 Å². The van der Waals surface area contributed by atoms with E-state index >= 15 is 0 Å². The number of nitrogens with zero attached hydrogens (tertiary/aromatic N) is 2. The maximum Gasteiger partial charge on any atom is 0.0848 e. The topological polar surface area (TPSA) is 38.0 Å². The van der Waals surface area contributed by atoms with Gasteiger partial charge in [0, 0.05) is 12.6 Å². The van der Waals surface area contributed by atoms with Crippen LogP contribution in [0.3, 0.4) is 0 Å². The van der Waals surface area contributed by atoms with E-state index in [0.29, 0.717) is 12.5 Å². The van der Waals surface area contributed by atoms with Crippen molar-refractivity contribution in [1.29, 1.82) is 0 Å². The molecule has 1 unspecified atom stereocenters. The minimum absolute atomic E-state index is 0.475. The zero-order valence-electron chi connectivity index (χ0n) is 12.9. The molecule has 0 aliphatic heterocycles. The maximum atomic E-state index is 10.5. The second kappa shape index (κ2) is 6.02. The number of aromatic nitrogens is 2. The third-order valence-corrected chi connectivity index (χ3v) is 4.77. The van der Waals surface area contributed by atoms with Gasteiger partial charge in [0.1, 0.15) is 0 Å². The molecule has 3 nitrogen and oxygen atoms in total. The van der Waals surface area contributed by atoms with Crippen LogP contribution in [-0.2, 0) is 6.42 Å². The molecule has 1 saturated carbocycles. The first-order chi connectivity index (χ1) is 10.1. The Balaban J connectivity index is 1.72. The lowest BCUT2D eigenvalue weighted by atomic mass is 9.97. The SMILES string of the molecule is Cc1cccc(C(O)Cc2ccn(C3CCCC3)n2)c1C. The Labute approximate surface area is 126 Å². The largest absolute Gasteiger partial charge is 0.388 e.